The number of hydrogen-bond acceptors (Lipinski definition) is 2. The number of hydrogen-bond donors (Lipinski definition) is 2. The van der Waals surface area contributed by atoms with E-state index in [0.29, 0.717) is 5.02 Å². The van der Waals surface area contributed by atoms with Crippen molar-refractivity contribution in [2.24, 2.45) is 0 Å². The van der Waals surface area contributed by atoms with Crippen LogP contribution in [-0.4, -0.2) is 12.2 Å². The molecule has 0 heterocycles. The number of aliphatic hydroxyl groups is 1. The lowest BCUT2D eigenvalue weighted by atomic mass is 10.0. The zero-order chi connectivity index (χ0) is 13.0. The first-order chi connectivity index (χ1) is 8.70. The van der Waals surface area contributed by atoms with Gasteiger partial charge >= 0.3 is 0 Å². The second kappa shape index (κ2) is 6.01. The van der Waals surface area contributed by atoms with E-state index in [1.54, 1.807) is 12.1 Å². The molecule has 0 spiro atoms. The molecule has 2 nitrogen and oxygen atoms in total. The molecule has 2 aromatic rings. The lowest BCUT2D eigenvalue weighted by molar-refractivity contribution is 0.220. The summed E-state index contributed by atoms with van der Waals surface area (Å²) in [5, 5.41) is 14.0. The van der Waals surface area contributed by atoms with Gasteiger partial charge in [-0.3, -0.25) is 0 Å². The molecule has 1 atom stereocenters. The Kier molecular flexibility index (Phi) is 4.37. The summed E-state index contributed by atoms with van der Waals surface area (Å²) in [5.41, 5.74) is 2.93. The standard InChI is InChI=1S/C15H16ClNO/c1-17-10-11-2-4-12(5-3-11)15(18)13-6-8-14(16)9-7-13/h2-9,15,17-18H,10H2,1H3/t15-/m1/s1. The molecule has 0 aliphatic rings. The average Bonchev–Trinajstić information content (AvgIpc) is 2.40. The van der Waals surface area contributed by atoms with Crippen molar-refractivity contribution < 1.29 is 5.11 Å². The van der Waals surface area contributed by atoms with E-state index in [1.165, 1.54) is 5.56 Å². The first-order valence-corrected chi connectivity index (χ1v) is 6.25. The van der Waals surface area contributed by atoms with Crippen LogP contribution in [0.4, 0.5) is 0 Å². The van der Waals surface area contributed by atoms with Gasteiger partial charge in [-0.1, -0.05) is 48.0 Å². The van der Waals surface area contributed by atoms with Crippen LogP contribution >= 0.6 is 11.6 Å². The summed E-state index contributed by atoms with van der Waals surface area (Å²) in [7, 11) is 1.91. The van der Waals surface area contributed by atoms with Gasteiger partial charge < -0.3 is 10.4 Å². The van der Waals surface area contributed by atoms with Crippen LogP contribution in [0.25, 0.3) is 0 Å². The van der Waals surface area contributed by atoms with Crippen molar-refractivity contribution in [3.63, 3.8) is 0 Å². The summed E-state index contributed by atoms with van der Waals surface area (Å²) in [5.74, 6) is 0. The van der Waals surface area contributed by atoms with Crippen LogP contribution in [0.15, 0.2) is 48.5 Å². The molecule has 0 radical (unpaired) electrons. The Morgan fingerprint density at radius 1 is 1.00 bits per heavy atom. The molecule has 2 aromatic carbocycles. The summed E-state index contributed by atoms with van der Waals surface area (Å²) < 4.78 is 0. The van der Waals surface area contributed by atoms with Crippen LogP contribution < -0.4 is 5.32 Å². The van der Waals surface area contributed by atoms with Gasteiger partial charge in [0.1, 0.15) is 6.10 Å². The fraction of sp³-hybridized carbons (Fsp3) is 0.200. The second-order valence-corrected chi connectivity index (χ2v) is 4.66. The van der Waals surface area contributed by atoms with Crippen LogP contribution in [0.3, 0.4) is 0 Å². The third-order valence-corrected chi connectivity index (χ3v) is 3.11. The third-order valence-electron chi connectivity index (χ3n) is 2.86. The first-order valence-electron chi connectivity index (χ1n) is 5.87. The number of benzene rings is 2. The molecule has 0 bridgehead atoms. The van der Waals surface area contributed by atoms with Crippen molar-refractivity contribution in [1.29, 1.82) is 0 Å². The SMILES string of the molecule is CNCc1ccc([C@@H](O)c2ccc(Cl)cc2)cc1. The maximum absolute atomic E-state index is 10.2. The number of nitrogens with one attached hydrogen (secondary N) is 1. The van der Waals surface area contributed by atoms with Gasteiger partial charge in [-0.25, -0.2) is 0 Å². The van der Waals surface area contributed by atoms with Crippen LogP contribution in [0.2, 0.25) is 5.02 Å². The molecule has 0 aliphatic heterocycles. The predicted octanol–water partition coefficient (Wildman–Crippen LogP) is 3.14. The highest BCUT2D eigenvalue weighted by molar-refractivity contribution is 6.30. The Hall–Kier alpha value is -1.35. The molecular weight excluding hydrogens is 246 g/mol. The minimum atomic E-state index is -0.606. The third kappa shape index (κ3) is 3.10. The Labute approximate surface area is 112 Å². The Morgan fingerprint density at radius 2 is 1.50 bits per heavy atom. The van der Waals surface area contributed by atoms with Gasteiger partial charge in [0.2, 0.25) is 0 Å². The fourth-order valence-electron chi connectivity index (χ4n) is 1.86. The molecule has 18 heavy (non-hydrogen) atoms. The van der Waals surface area contributed by atoms with Crippen LogP contribution in [0.5, 0.6) is 0 Å². The summed E-state index contributed by atoms with van der Waals surface area (Å²) in [4.78, 5) is 0. The van der Waals surface area contributed by atoms with Crippen LogP contribution in [0, 0.1) is 0 Å². The predicted molar refractivity (Wildman–Crippen MR) is 74.7 cm³/mol. The van der Waals surface area contributed by atoms with Gasteiger partial charge in [-0.05, 0) is 35.9 Å². The van der Waals surface area contributed by atoms with E-state index in [2.05, 4.69) is 5.32 Å². The zero-order valence-electron chi connectivity index (χ0n) is 10.2. The van der Waals surface area contributed by atoms with E-state index >= 15 is 0 Å². The van der Waals surface area contributed by atoms with E-state index in [0.717, 1.165) is 17.7 Å². The highest BCUT2D eigenvalue weighted by Crippen LogP contribution is 2.23. The number of rotatable bonds is 4. The maximum atomic E-state index is 10.2. The molecule has 0 saturated heterocycles. The molecule has 3 heteroatoms. The van der Waals surface area contributed by atoms with Crippen molar-refractivity contribution in [3.8, 4) is 0 Å². The highest BCUT2D eigenvalue weighted by atomic mass is 35.5. The van der Waals surface area contributed by atoms with E-state index in [9.17, 15) is 5.11 Å². The Bertz CT molecular complexity index is 493. The highest BCUT2D eigenvalue weighted by Gasteiger charge is 2.09. The zero-order valence-corrected chi connectivity index (χ0v) is 11.0. The van der Waals surface area contributed by atoms with Crippen molar-refractivity contribution >= 4 is 11.6 Å². The van der Waals surface area contributed by atoms with Crippen LogP contribution in [0.1, 0.15) is 22.8 Å². The van der Waals surface area contributed by atoms with Gasteiger partial charge in [0.25, 0.3) is 0 Å². The van der Waals surface area contributed by atoms with Crippen molar-refractivity contribution in [2.45, 2.75) is 12.6 Å². The molecular formula is C15H16ClNO. The molecule has 2 rings (SSSR count). The average molecular weight is 262 g/mol. The van der Waals surface area contributed by atoms with Gasteiger partial charge in [0.15, 0.2) is 0 Å². The topological polar surface area (TPSA) is 32.3 Å². The first kappa shape index (κ1) is 13.1. The fourth-order valence-corrected chi connectivity index (χ4v) is 1.99. The molecule has 0 unspecified atom stereocenters. The van der Waals surface area contributed by atoms with Gasteiger partial charge in [0.05, 0.1) is 0 Å². The van der Waals surface area contributed by atoms with E-state index in [1.807, 2.05) is 43.4 Å². The van der Waals surface area contributed by atoms with E-state index < -0.39 is 6.10 Å². The lowest BCUT2D eigenvalue weighted by Crippen LogP contribution is -2.05. The smallest absolute Gasteiger partial charge is 0.104 e. The van der Waals surface area contributed by atoms with E-state index in [-0.39, 0.29) is 0 Å². The minimum Gasteiger partial charge on any atom is -0.384 e. The van der Waals surface area contributed by atoms with E-state index in [4.69, 9.17) is 11.6 Å². The van der Waals surface area contributed by atoms with Gasteiger partial charge in [0, 0.05) is 11.6 Å². The summed E-state index contributed by atoms with van der Waals surface area (Å²) in [6.07, 6.45) is -0.606. The van der Waals surface area contributed by atoms with Crippen molar-refractivity contribution in [3.05, 3.63) is 70.2 Å². The minimum absolute atomic E-state index is 0.606. The summed E-state index contributed by atoms with van der Waals surface area (Å²) in [6.45, 7) is 0.831. The van der Waals surface area contributed by atoms with Crippen LogP contribution in [-0.2, 0) is 6.54 Å². The normalized spacial score (nSPS) is 12.4. The Morgan fingerprint density at radius 3 is 2.00 bits per heavy atom. The molecule has 0 aliphatic carbocycles. The molecule has 0 saturated carbocycles. The molecule has 0 aromatic heterocycles. The number of halogens is 1. The monoisotopic (exact) mass is 261 g/mol. The molecule has 2 N–H and O–H groups in total. The van der Waals surface area contributed by atoms with Gasteiger partial charge in [-0.2, -0.15) is 0 Å². The Balaban J connectivity index is 2.17. The molecule has 94 valence electrons. The van der Waals surface area contributed by atoms with Gasteiger partial charge in [-0.15, -0.1) is 0 Å². The quantitative estimate of drug-likeness (QED) is 0.886. The van der Waals surface area contributed by atoms with Crippen molar-refractivity contribution in [1.82, 2.24) is 5.32 Å². The number of aliphatic hydroxyl groups excluding tert-OH is 1. The largest absolute Gasteiger partial charge is 0.384 e. The lowest BCUT2D eigenvalue weighted by Gasteiger charge is -2.12. The molecule has 0 amide bonds. The maximum Gasteiger partial charge on any atom is 0.104 e. The van der Waals surface area contributed by atoms with Crippen molar-refractivity contribution in [2.75, 3.05) is 7.05 Å². The summed E-state index contributed by atoms with van der Waals surface area (Å²) >= 11 is 5.83. The second-order valence-electron chi connectivity index (χ2n) is 4.23. The summed E-state index contributed by atoms with van der Waals surface area (Å²) in [6, 6.07) is 15.2. The molecule has 0 fully saturated rings.